The molecule has 1 aromatic carbocycles. The fourth-order valence-corrected chi connectivity index (χ4v) is 5.04. The first-order valence-electron chi connectivity index (χ1n) is 11.3. The van der Waals surface area contributed by atoms with Gasteiger partial charge in [-0.05, 0) is 67.5 Å². The second-order valence-electron chi connectivity index (χ2n) is 8.07. The molecule has 2 heterocycles. The summed E-state index contributed by atoms with van der Waals surface area (Å²) >= 11 is 0. The molecule has 1 amide bonds. The second kappa shape index (κ2) is 10.8. The summed E-state index contributed by atoms with van der Waals surface area (Å²) in [7, 11) is -1.18. The molecular formula is C26H34N2O3S. The lowest BCUT2D eigenvalue weighted by atomic mass is 9.86. The van der Waals surface area contributed by atoms with Crippen LogP contribution in [0.15, 0.2) is 31.0 Å². The van der Waals surface area contributed by atoms with Crippen molar-refractivity contribution in [2.75, 3.05) is 25.2 Å². The van der Waals surface area contributed by atoms with Crippen molar-refractivity contribution in [3.8, 4) is 5.75 Å². The van der Waals surface area contributed by atoms with Crippen molar-refractivity contribution in [2.45, 2.75) is 46.1 Å². The Hall–Kier alpha value is -2.60. The van der Waals surface area contributed by atoms with Gasteiger partial charge in [0.2, 0.25) is 5.91 Å². The van der Waals surface area contributed by atoms with Gasteiger partial charge < -0.3 is 14.6 Å². The van der Waals surface area contributed by atoms with E-state index in [1.54, 1.807) is 6.26 Å². The third kappa shape index (κ3) is 5.07. The average Bonchev–Trinajstić information content (AvgIpc) is 3.15. The minimum Gasteiger partial charge on any atom is -0.494 e. The van der Waals surface area contributed by atoms with Crippen LogP contribution >= 0.6 is 0 Å². The van der Waals surface area contributed by atoms with E-state index in [1.165, 1.54) is 11.1 Å². The topological polar surface area (TPSA) is 62.4 Å². The highest BCUT2D eigenvalue weighted by Gasteiger charge is 2.33. The molecule has 32 heavy (non-hydrogen) atoms. The van der Waals surface area contributed by atoms with Gasteiger partial charge in [0.15, 0.2) is 0 Å². The van der Waals surface area contributed by atoms with Crippen LogP contribution in [-0.2, 0) is 34.9 Å². The lowest BCUT2D eigenvalue weighted by Crippen LogP contribution is -2.43. The van der Waals surface area contributed by atoms with Gasteiger partial charge in [-0.15, -0.1) is 0 Å². The van der Waals surface area contributed by atoms with E-state index < -0.39 is 10.8 Å². The molecule has 2 aromatic rings. The molecule has 0 saturated heterocycles. The average molecular weight is 455 g/mol. The Balaban J connectivity index is 2.10. The summed E-state index contributed by atoms with van der Waals surface area (Å²) in [6.07, 6.45) is 11.8. The zero-order valence-corrected chi connectivity index (χ0v) is 20.4. The molecule has 0 bridgehead atoms. The maximum absolute atomic E-state index is 13.1. The molecule has 2 atom stereocenters. The van der Waals surface area contributed by atoms with Gasteiger partial charge in [0.05, 0.1) is 12.6 Å². The number of rotatable bonds is 9. The Morgan fingerprint density at radius 2 is 2.12 bits per heavy atom. The number of fused-ring (bicyclic) bond motifs is 1. The quantitative estimate of drug-likeness (QED) is 0.597. The molecule has 0 aliphatic carbocycles. The Kier molecular flexibility index (Phi) is 8.13. The number of carbonyl (C=O) groups is 1. The van der Waals surface area contributed by atoms with Crippen molar-refractivity contribution >= 4 is 28.9 Å². The lowest BCUT2D eigenvalue weighted by Gasteiger charge is -2.38. The Labute approximate surface area is 194 Å². The first kappa shape index (κ1) is 24.1. The number of aromatic amines is 1. The summed E-state index contributed by atoms with van der Waals surface area (Å²) in [5.74, 6) is 0.872. The number of nitrogens with one attached hydrogen (secondary N) is 1. The number of benzene rings is 1. The fourth-order valence-electron chi connectivity index (χ4n) is 4.53. The monoisotopic (exact) mass is 454 g/mol. The van der Waals surface area contributed by atoms with Gasteiger partial charge in [-0.1, -0.05) is 31.7 Å². The van der Waals surface area contributed by atoms with Crippen LogP contribution in [0.5, 0.6) is 5.75 Å². The molecule has 0 saturated carbocycles. The van der Waals surface area contributed by atoms with E-state index in [2.05, 4.69) is 36.7 Å². The van der Waals surface area contributed by atoms with E-state index >= 15 is 0 Å². The van der Waals surface area contributed by atoms with Crippen molar-refractivity contribution in [1.29, 1.82) is 0 Å². The van der Waals surface area contributed by atoms with Gasteiger partial charge in [0.1, 0.15) is 11.5 Å². The number of amides is 1. The van der Waals surface area contributed by atoms with Gasteiger partial charge in [-0.3, -0.25) is 9.00 Å². The first-order valence-corrected chi connectivity index (χ1v) is 13.0. The Morgan fingerprint density at radius 1 is 1.34 bits per heavy atom. The van der Waals surface area contributed by atoms with Gasteiger partial charge in [0.25, 0.3) is 0 Å². The van der Waals surface area contributed by atoms with Crippen LogP contribution in [0.2, 0.25) is 0 Å². The SMILES string of the molecule is C=Cc1[nH]cc(CC2c3cc(OCC)c(CC)cc3CCN2C(=O)CS(C)=O)c1/C=C\C. The van der Waals surface area contributed by atoms with E-state index in [4.69, 9.17) is 4.74 Å². The number of hydrogen-bond donors (Lipinski definition) is 1. The van der Waals surface area contributed by atoms with Crippen LogP contribution in [0.1, 0.15) is 60.3 Å². The van der Waals surface area contributed by atoms with Crippen molar-refractivity contribution in [3.05, 3.63) is 64.5 Å². The summed E-state index contributed by atoms with van der Waals surface area (Å²) in [5, 5.41) is 0. The highest BCUT2D eigenvalue weighted by Crippen LogP contribution is 2.38. The van der Waals surface area contributed by atoms with Crippen molar-refractivity contribution < 1.29 is 13.7 Å². The molecule has 6 heteroatoms. The molecule has 1 aromatic heterocycles. The van der Waals surface area contributed by atoms with Crippen LogP contribution in [0.25, 0.3) is 12.2 Å². The van der Waals surface area contributed by atoms with E-state index in [9.17, 15) is 9.00 Å². The zero-order valence-electron chi connectivity index (χ0n) is 19.6. The molecule has 172 valence electrons. The summed E-state index contributed by atoms with van der Waals surface area (Å²) in [4.78, 5) is 18.3. The molecule has 5 nitrogen and oxygen atoms in total. The van der Waals surface area contributed by atoms with E-state index in [0.29, 0.717) is 19.6 Å². The predicted molar refractivity (Wildman–Crippen MR) is 133 cm³/mol. The molecule has 0 fully saturated rings. The van der Waals surface area contributed by atoms with Crippen LogP contribution in [0, 0.1) is 0 Å². The molecule has 1 N–H and O–H groups in total. The minimum absolute atomic E-state index is 0.0456. The number of nitrogens with zero attached hydrogens (tertiary/aromatic N) is 1. The van der Waals surface area contributed by atoms with Crippen molar-refractivity contribution in [3.63, 3.8) is 0 Å². The number of aryl methyl sites for hydroxylation is 1. The predicted octanol–water partition coefficient (Wildman–Crippen LogP) is 4.70. The maximum Gasteiger partial charge on any atom is 0.235 e. The molecular weight excluding hydrogens is 420 g/mol. The number of allylic oxidation sites excluding steroid dienone is 1. The summed E-state index contributed by atoms with van der Waals surface area (Å²) < 4.78 is 17.8. The summed E-state index contributed by atoms with van der Waals surface area (Å²) in [6.45, 7) is 11.3. The molecule has 3 rings (SSSR count). The molecule has 2 unspecified atom stereocenters. The van der Waals surface area contributed by atoms with Gasteiger partial charge >= 0.3 is 0 Å². The largest absolute Gasteiger partial charge is 0.494 e. The molecule has 0 radical (unpaired) electrons. The number of aromatic nitrogens is 1. The van der Waals surface area contributed by atoms with Crippen molar-refractivity contribution in [1.82, 2.24) is 9.88 Å². The molecule has 1 aliphatic rings. The van der Waals surface area contributed by atoms with Gasteiger partial charge in [0, 0.05) is 41.1 Å². The smallest absolute Gasteiger partial charge is 0.235 e. The Morgan fingerprint density at radius 3 is 2.75 bits per heavy atom. The van der Waals surface area contributed by atoms with Crippen LogP contribution in [-0.4, -0.2) is 45.2 Å². The lowest BCUT2D eigenvalue weighted by molar-refractivity contribution is -0.131. The maximum atomic E-state index is 13.1. The van der Waals surface area contributed by atoms with Crippen LogP contribution in [0.3, 0.4) is 0 Å². The number of carbonyl (C=O) groups excluding carboxylic acids is 1. The van der Waals surface area contributed by atoms with E-state index in [-0.39, 0.29) is 17.7 Å². The molecule has 0 spiro atoms. The first-order chi connectivity index (χ1) is 15.4. The number of hydrogen-bond acceptors (Lipinski definition) is 3. The summed E-state index contributed by atoms with van der Waals surface area (Å²) in [6, 6.07) is 4.23. The summed E-state index contributed by atoms with van der Waals surface area (Å²) in [5.41, 5.74) is 6.78. The van der Waals surface area contributed by atoms with E-state index in [0.717, 1.165) is 41.0 Å². The Bertz CT molecular complexity index is 1040. The van der Waals surface area contributed by atoms with Gasteiger partial charge in [-0.2, -0.15) is 0 Å². The fraction of sp³-hybridized carbons (Fsp3) is 0.423. The normalized spacial score (nSPS) is 16.8. The zero-order chi connectivity index (χ0) is 23.3. The van der Waals surface area contributed by atoms with Crippen LogP contribution in [0.4, 0.5) is 0 Å². The third-order valence-corrected chi connectivity index (χ3v) is 6.65. The van der Waals surface area contributed by atoms with Crippen LogP contribution < -0.4 is 4.74 Å². The highest BCUT2D eigenvalue weighted by molar-refractivity contribution is 7.85. The number of H-pyrrole nitrogens is 1. The standard InChI is InChI=1S/C26H34N2O3S/c1-6-10-21-20(16-27-23(21)8-3)14-24-22-15-25(31-9-4)18(7-2)13-19(22)11-12-28(24)26(29)17-32(5)30/h6,8,10,13,15-16,24,27H,3,7,9,11-12,14,17H2,1-2,4-5H3/b10-6-. The highest BCUT2D eigenvalue weighted by atomic mass is 32.2. The number of ether oxygens (including phenoxy) is 1. The minimum atomic E-state index is -1.18. The van der Waals surface area contributed by atoms with E-state index in [1.807, 2.05) is 37.1 Å². The second-order valence-corrected chi connectivity index (χ2v) is 9.50. The third-order valence-electron chi connectivity index (χ3n) is 6.00. The molecule has 1 aliphatic heterocycles. The van der Waals surface area contributed by atoms with Crippen molar-refractivity contribution in [2.24, 2.45) is 0 Å². The van der Waals surface area contributed by atoms with Gasteiger partial charge in [-0.25, -0.2) is 0 Å².